The van der Waals surface area contributed by atoms with Gasteiger partial charge in [0.15, 0.2) is 0 Å². The maximum Gasteiger partial charge on any atom is 0.243 e. The lowest BCUT2D eigenvalue weighted by Gasteiger charge is -2.26. The van der Waals surface area contributed by atoms with E-state index in [1.165, 1.54) is 16.4 Å². The highest BCUT2D eigenvalue weighted by atomic mass is 32.2. The molecular weight excluding hydrogens is 311 g/mol. The van der Waals surface area contributed by atoms with Gasteiger partial charge in [-0.05, 0) is 31.2 Å². The molecule has 0 spiro atoms. The van der Waals surface area contributed by atoms with Crippen LogP contribution in [-0.4, -0.2) is 43.9 Å². The molecule has 0 amide bonds. The Morgan fingerprint density at radius 1 is 1.33 bits per heavy atom. The minimum absolute atomic E-state index is 0.196. The van der Waals surface area contributed by atoms with Crippen LogP contribution in [0.3, 0.4) is 0 Å². The summed E-state index contributed by atoms with van der Waals surface area (Å²) in [5, 5.41) is 3.04. The maximum absolute atomic E-state index is 14.1. The van der Waals surface area contributed by atoms with Crippen molar-refractivity contribution in [2.24, 2.45) is 0 Å². The van der Waals surface area contributed by atoms with Crippen molar-refractivity contribution in [1.29, 1.82) is 0 Å². The van der Waals surface area contributed by atoms with E-state index in [2.05, 4.69) is 5.32 Å². The fraction of sp³-hybridized carbons (Fsp3) is 0.571. The zero-order chi connectivity index (χ0) is 15.5. The smallest absolute Gasteiger partial charge is 0.243 e. The number of hydrogen-bond donors (Lipinski definition) is 1. The standard InChI is InChI=1S/C14H21FN2O2S2/c1-3-16-10-12-9-13(8-11(2)14(12)15)21(18,19)17-4-6-20-7-5-17/h8-9,16H,3-7,10H2,1-2H3. The minimum Gasteiger partial charge on any atom is -0.313 e. The van der Waals surface area contributed by atoms with Crippen molar-refractivity contribution in [3.63, 3.8) is 0 Å². The van der Waals surface area contributed by atoms with Crippen LogP contribution >= 0.6 is 11.8 Å². The highest BCUT2D eigenvalue weighted by Crippen LogP contribution is 2.24. The fourth-order valence-electron chi connectivity index (χ4n) is 2.28. The maximum atomic E-state index is 14.1. The number of thioether (sulfide) groups is 1. The van der Waals surface area contributed by atoms with Crippen LogP contribution in [0.2, 0.25) is 0 Å². The van der Waals surface area contributed by atoms with Gasteiger partial charge in [-0.25, -0.2) is 12.8 Å². The van der Waals surface area contributed by atoms with Crippen molar-refractivity contribution >= 4 is 21.8 Å². The summed E-state index contributed by atoms with van der Waals surface area (Å²) in [6.07, 6.45) is 0. The van der Waals surface area contributed by atoms with Crippen LogP contribution in [0.1, 0.15) is 18.1 Å². The Morgan fingerprint density at radius 2 is 2.00 bits per heavy atom. The number of hydrogen-bond acceptors (Lipinski definition) is 4. The first kappa shape index (κ1) is 16.7. The number of aryl methyl sites for hydroxylation is 1. The molecule has 1 aromatic carbocycles. The van der Waals surface area contributed by atoms with Gasteiger partial charge in [-0.1, -0.05) is 6.92 Å². The normalized spacial score (nSPS) is 17.1. The van der Waals surface area contributed by atoms with Gasteiger partial charge in [0.2, 0.25) is 10.0 Å². The molecule has 1 N–H and O–H groups in total. The Balaban J connectivity index is 2.36. The molecule has 1 aliphatic heterocycles. The second-order valence-corrected chi connectivity index (χ2v) is 8.17. The molecule has 1 heterocycles. The predicted octanol–water partition coefficient (Wildman–Crippen LogP) is 1.98. The number of sulfonamides is 1. The summed E-state index contributed by atoms with van der Waals surface area (Å²) in [6, 6.07) is 2.89. The van der Waals surface area contributed by atoms with E-state index >= 15 is 0 Å². The van der Waals surface area contributed by atoms with E-state index in [0.717, 1.165) is 11.5 Å². The monoisotopic (exact) mass is 332 g/mol. The molecule has 2 rings (SSSR count). The first-order valence-electron chi connectivity index (χ1n) is 7.04. The van der Waals surface area contributed by atoms with Gasteiger partial charge in [0.25, 0.3) is 0 Å². The third-order valence-corrected chi connectivity index (χ3v) is 6.30. The Morgan fingerprint density at radius 3 is 2.62 bits per heavy atom. The molecule has 0 aliphatic carbocycles. The Bertz CT molecular complexity index is 599. The number of benzene rings is 1. The summed E-state index contributed by atoms with van der Waals surface area (Å²) in [6.45, 7) is 5.62. The average molecular weight is 332 g/mol. The van der Waals surface area contributed by atoms with Gasteiger partial charge >= 0.3 is 0 Å². The predicted molar refractivity (Wildman–Crippen MR) is 84.6 cm³/mol. The van der Waals surface area contributed by atoms with E-state index in [1.807, 2.05) is 6.92 Å². The molecule has 0 radical (unpaired) electrons. The number of nitrogens with one attached hydrogen (secondary N) is 1. The molecule has 0 aromatic heterocycles. The van der Waals surface area contributed by atoms with E-state index in [1.54, 1.807) is 18.7 Å². The van der Waals surface area contributed by atoms with Crippen LogP contribution in [-0.2, 0) is 16.6 Å². The molecule has 1 aliphatic rings. The molecule has 7 heteroatoms. The van der Waals surface area contributed by atoms with Gasteiger partial charge in [-0.15, -0.1) is 0 Å². The summed E-state index contributed by atoms with van der Waals surface area (Å²) in [4.78, 5) is 0.196. The quantitative estimate of drug-likeness (QED) is 0.896. The molecule has 1 aromatic rings. The molecule has 1 fully saturated rings. The van der Waals surface area contributed by atoms with Crippen LogP contribution in [0.4, 0.5) is 4.39 Å². The van der Waals surface area contributed by atoms with Crippen molar-refractivity contribution < 1.29 is 12.8 Å². The Hall–Kier alpha value is -0.630. The van der Waals surface area contributed by atoms with Gasteiger partial charge in [-0.2, -0.15) is 16.1 Å². The van der Waals surface area contributed by atoms with E-state index in [9.17, 15) is 12.8 Å². The Labute approximate surface area is 130 Å². The van der Waals surface area contributed by atoms with Gasteiger partial charge in [0.1, 0.15) is 5.82 Å². The molecule has 0 saturated carbocycles. The molecule has 0 unspecified atom stereocenters. The number of halogens is 1. The van der Waals surface area contributed by atoms with Crippen LogP contribution in [0.15, 0.2) is 17.0 Å². The summed E-state index contributed by atoms with van der Waals surface area (Å²) in [5.74, 6) is 1.29. The molecule has 1 saturated heterocycles. The van der Waals surface area contributed by atoms with Crippen molar-refractivity contribution in [3.8, 4) is 0 Å². The van der Waals surface area contributed by atoms with Gasteiger partial charge in [0.05, 0.1) is 4.90 Å². The van der Waals surface area contributed by atoms with Crippen LogP contribution in [0.25, 0.3) is 0 Å². The third-order valence-electron chi connectivity index (χ3n) is 3.48. The summed E-state index contributed by atoms with van der Waals surface area (Å²) < 4.78 is 40.9. The summed E-state index contributed by atoms with van der Waals surface area (Å²) in [5.41, 5.74) is 0.775. The van der Waals surface area contributed by atoms with Gasteiger partial charge in [0, 0.05) is 36.7 Å². The largest absolute Gasteiger partial charge is 0.313 e. The third kappa shape index (κ3) is 3.77. The average Bonchev–Trinajstić information content (AvgIpc) is 2.49. The highest BCUT2D eigenvalue weighted by Gasteiger charge is 2.27. The summed E-state index contributed by atoms with van der Waals surface area (Å²) >= 11 is 1.75. The molecule has 4 nitrogen and oxygen atoms in total. The van der Waals surface area contributed by atoms with Crippen molar-refractivity contribution in [2.45, 2.75) is 25.3 Å². The van der Waals surface area contributed by atoms with Gasteiger partial charge < -0.3 is 5.32 Å². The van der Waals surface area contributed by atoms with E-state index < -0.39 is 10.0 Å². The van der Waals surface area contributed by atoms with Crippen molar-refractivity contribution in [1.82, 2.24) is 9.62 Å². The first-order valence-corrected chi connectivity index (χ1v) is 9.64. The summed E-state index contributed by atoms with van der Waals surface area (Å²) in [7, 11) is -3.52. The SMILES string of the molecule is CCNCc1cc(S(=O)(=O)N2CCSCC2)cc(C)c1F. The van der Waals surface area contributed by atoms with Crippen LogP contribution in [0, 0.1) is 12.7 Å². The molecule has 0 bridgehead atoms. The van der Waals surface area contributed by atoms with E-state index in [-0.39, 0.29) is 10.7 Å². The first-order chi connectivity index (χ1) is 9.96. The lowest BCUT2D eigenvalue weighted by atomic mass is 10.1. The highest BCUT2D eigenvalue weighted by molar-refractivity contribution is 7.99. The molecule has 0 atom stereocenters. The molecule has 118 valence electrons. The fourth-order valence-corrected chi connectivity index (χ4v) is 4.99. The zero-order valence-corrected chi connectivity index (χ0v) is 14.0. The van der Waals surface area contributed by atoms with Crippen LogP contribution < -0.4 is 5.32 Å². The van der Waals surface area contributed by atoms with Crippen molar-refractivity contribution in [2.75, 3.05) is 31.1 Å². The minimum atomic E-state index is -3.52. The van der Waals surface area contributed by atoms with E-state index in [4.69, 9.17) is 0 Å². The second-order valence-electron chi connectivity index (χ2n) is 5.01. The lowest BCUT2D eigenvalue weighted by molar-refractivity contribution is 0.443. The lowest BCUT2D eigenvalue weighted by Crippen LogP contribution is -2.38. The van der Waals surface area contributed by atoms with E-state index in [0.29, 0.717) is 37.3 Å². The van der Waals surface area contributed by atoms with Gasteiger partial charge in [-0.3, -0.25) is 0 Å². The zero-order valence-electron chi connectivity index (χ0n) is 12.4. The number of nitrogens with zero attached hydrogens (tertiary/aromatic N) is 1. The second kappa shape index (κ2) is 7.09. The Kier molecular flexibility index (Phi) is 5.65. The topological polar surface area (TPSA) is 49.4 Å². The number of rotatable bonds is 5. The van der Waals surface area contributed by atoms with Crippen molar-refractivity contribution in [3.05, 3.63) is 29.1 Å². The van der Waals surface area contributed by atoms with Crippen LogP contribution in [0.5, 0.6) is 0 Å². The molecule has 21 heavy (non-hydrogen) atoms. The molecular formula is C14H21FN2O2S2.